The number of carbonyl (C=O) groups is 2. The Bertz CT molecular complexity index is 868. The van der Waals surface area contributed by atoms with Gasteiger partial charge in [0.1, 0.15) is 17.5 Å². The molecular weight excluding hydrogens is 330 g/mol. The first-order chi connectivity index (χ1) is 12.5. The second kappa shape index (κ2) is 7.57. The lowest BCUT2D eigenvalue weighted by Crippen LogP contribution is -2.53. The average Bonchev–Trinajstić information content (AvgIpc) is 2.65. The van der Waals surface area contributed by atoms with Crippen molar-refractivity contribution < 1.29 is 14.3 Å². The lowest BCUT2D eigenvalue weighted by molar-refractivity contribution is -0.129. The van der Waals surface area contributed by atoms with Gasteiger partial charge in [0.15, 0.2) is 0 Å². The van der Waals surface area contributed by atoms with Crippen molar-refractivity contribution >= 4 is 29.7 Å². The van der Waals surface area contributed by atoms with Gasteiger partial charge in [-0.25, -0.2) is 0 Å². The first kappa shape index (κ1) is 17.3. The first-order valence-electron chi connectivity index (χ1n) is 8.06. The van der Waals surface area contributed by atoms with Gasteiger partial charge in [-0.15, -0.1) is 0 Å². The van der Waals surface area contributed by atoms with Crippen LogP contribution in [0, 0.1) is 0 Å². The van der Waals surface area contributed by atoms with Crippen molar-refractivity contribution in [1.29, 1.82) is 0 Å². The predicted molar refractivity (Wildman–Crippen MR) is 101 cm³/mol. The molecule has 1 saturated heterocycles. The number of anilines is 1. The Morgan fingerprint density at radius 3 is 2.31 bits per heavy atom. The molecule has 2 aromatic rings. The maximum absolute atomic E-state index is 12.3. The molecule has 0 saturated carbocycles. The molecule has 0 aromatic heterocycles. The number of nitrogens with two attached hydrogens (primary N) is 1. The molecule has 6 heteroatoms. The van der Waals surface area contributed by atoms with Crippen LogP contribution < -0.4 is 21.1 Å². The van der Waals surface area contributed by atoms with Crippen molar-refractivity contribution in [3.63, 3.8) is 0 Å². The minimum Gasteiger partial charge on any atom is -0.497 e. The number of rotatable bonds is 4. The van der Waals surface area contributed by atoms with Crippen LogP contribution in [0.25, 0.3) is 12.2 Å². The number of hydrogen-bond donors (Lipinski definition) is 3. The molecule has 0 aliphatic carbocycles. The highest BCUT2D eigenvalue weighted by atomic mass is 16.5. The summed E-state index contributed by atoms with van der Waals surface area (Å²) < 4.78 is 5.10. The summed E-state index contributed by atoms with van der Waals surface area (Å²) in [5, 5.41) is 5.33. The Morgan fingerprint density at radius 2 is 1.65 bits per heavy atom. The molecule has 132 valence electrons. The largest absolute Gasteiger partial charge is 0.497 e. The van der Waals surface area contributed by atoms with Crippen LogP contribution in [0.1, 0.15) is 11.1 Å². The number of methoxy groups -OCH3 is 1. The SMILES string of the molecule is COc1ccc(C=CC2NC(=O)C(=Cc3ccc(N)cc3)NC2=O)cc1. The third kappa shape index (κ3) is 4.10. The molecule has 0 radical (unpaired) electrons. The van der Waals surface area contributed by atoms with Crippen molar-refractivity contribution in [2.75, 3.05) is 12.8 Å². The highest BCUT2D eigenvalue weighted by molar-refractivity contribution is 6.08. The molecular formula is C20H19N3O3. The van der Waals surface area contributed by atoms with E-state index in [-0.39, 0.29) is 17.5 Å². The van der Waals surface area contributed by atoms with Gasteiger partial charge in [-0.05, 0) is 41.5 Å². The normalized spacial score (nSPS) is 18.7. The summed E-state index contributed by atoms with van der Waals surface area (Å²) in [6, 6.07) is 13.7. The van der Waals surface area contributed by atoms with E-state index in [1.54, 1.807) is 49.6 Å². The third-order valence-corrected chi connectivity index (χ3v) is 3.92. The molecule has 1 heterocycles. The molecule has 6 nitrogen and oxygen atoms in total. The Morgan fingerprint density at radius 1 is 1.00 bits per heavy atom. The molecule has 1 unspecified atom stereocenters. The van der Waals surface area contributed by atoms with Crippen LogP contribution in [0.4, 0.5) is 5.69 Å². The maximum Gasteiger partial charge on any atom is 0.268 e. The van der Waals surface area contributed by atoms with Gasteiger partial charge in [0.05, 0.1) is 7.11 Å². The van der Waals surface area contributed by atoms with Gasteiger partial charge in [0, 0.05) is 5.69 Å². The van der Waals surface area contributed by atoms with Gasteiger partial charge in [-0.1, -0.05) is 36.4 Å². The fourth-order valence-electron chi connectivity index (χ4n) is 2.47. The summed E-state index contributed by atoms with van der Waals surface area (Å²) in [6.07, 6.45) is 5.03. The van der Waals surface area contributed by atoms with Crippen LogP contribution in [0.15, 0.2) is 60.3 Å². The molecule has 1 fully saturated rings. The summed E-state index contributed by atoms with van der Waals surface area (Å²) in [7, 11) is 1.60. The Balaban J connectivity index is 1.69. The van der Waals surface area contributed by atoms with Crippen molar-refractivity contribution in [2.24, 2.45) is 0 Å². The summed E-state index contributed by atoms with van der Waals surface area (Å²) in [5.74, 6) is 0.116. The number of hydrogen-bond acceptors (Lipinski definition) is 4. The van der Waals surface area contributed by atoms with Crippen molar-refractivity contribution in [3.8, 4) is 5.75 Å². The van der Waals surface area contributed by atoms with E-state index < -0.39 is 6.04 Å². The number of nitrogen functional groups attached to an aromatic ring is 1. The van der Waals surface area contributed by atoms with Crippen LogP contribution in [-0.2, 0) is 9.59 Å². The fraction of sp³-hybridized carbons (Fsp3) is 0.100. The molecule has 26 heavy (non-hydrogen) atoms. The van der Waals surface area contributed by atoms with E-state index in [1.165, 1.54) is 0 Å². The molecule has 2 amide bonds. The van der Waals surface area contributed by atoms with E-state index in [1.807, 2.05) is 24.3 Å². The lowest BCUT2D eigenvalue weighted by atomic mass is 10.1. The average molecular weight is 349 g/mol. The summed E-state index contributed by atoms with van der Waals surface area (Å²) in [5.41, 5.74) is 8.15. The monoisotopic (exact) mass is 349 g/mol. The van der Waals surface area contributed by atoms with Crippen molar-refractivity contribution in [3.05, 3.63) is 71.4 Å². The lowest BCUT2D eigenvalue weighted by Gasteiger charge is -2.22. The molecule has 1 atom stereocenters. The number of benzene rings is 2. The van der Waals surface area contributed by atoms with Gasteiger partial charge in [-0.2, -0.15) is 0 Å². The Hall–Kier alpha value is -3.54. The van der Waals surface area contributed by atoms with Gasteiger partial charge in [0.25, 0.3) is 11.8 Å². The molecule has 1 aliphatic heterocycles. The van der Waals surface area contributed by atoms with Gasteiger partial charge < -0.3 is 21.1 Å². The summed E-state index contributed by atoms with van der Waals surface area (Å²) in [4.78, 5) is 24.5. The van der Waals surface area contributed by atoms with Crippen molar-refractivity contribution in [2.45, 2.75) is 6.04 Å². The van der Waals surface area contributed by atoms with Gasteiger partial charge in [0.2, 0.25) is 0 Å². The zero-order valence-electron chi connectivity index (χ0n) is 14.2. The van der Waals surface area contributed by atoms with E-state index in [0.717, 1.165) is 16.9 Å². The first-order valence-corrected chi connectivity index (χ1v) is 8.06. The van der Waals surface area contributed by atoms with Crippen LogP contribution in [0.5, 0.6) is 5.75 Å². The van der Waals surface area contributed by atoms with Crippen LogP contribution >= 0.6 is 0 Å². The molecule has 0 bridgehead atoms. The highest BCUT2D eigenvalue weighted by Crippen LogP contribution is 2.14. The molecule has 4 N–H and O–H groups in total. The standard InChI is InChI=1S/C20H19N3O3/c1-26-16-9-4-13(5-10-16)6-11-17-19(24)23-18(20(25)22-17)12-14-2-7-15(21)8-3-14/h2-12,17H,21H2,1H3,(H,22,25)(H,23,24). The summed E-state index contributed by atoms with van der Waals surface area (Å²) in [6.45, 7) is 0. The van der Waals surface area contributed by atoms with E-state index >= 15 is 0 Å². The topological polar surface area (TPSA) is 93.4 Å². The minimum atomic E-state index is -0.729. The zero-order chi connectivity index (χ0) is 18.5. The Labute approximate surface area is 151 Å². The predicted octanol–water partition coefficient (Wildman–Crippen LogP) is 1.95. The highest BCUT2D eigenvalue weighted by Gasteiger charge is 2.27. The number of piperazine rings is 1. The van der Waals surface area contributed by atoms with Crippen molar-refractivity contribution in [1.82, 2.24) is 10.6 Å². The zero-order valence-corrected chi connectivity index (χ0v) is 14.2. The van der Waals surface area contributed by atoms with Crippen LogP contribution in [-0.4, -0.2) is 25.0 Å². The minimum absolute atomic E-state index is 0.203. The number of ether oxygens (including phenoxy) is 1. The quantitative estimate of drug-likeness (QED) is 0.581. The number of amides is 2. The van der Waals surface area contributed by atoms with Gasteiger partial charge in [-0.3, -0.25) is 9.59 Å². The number of carbonyl (C=O) groups excluding carboxylic acids is 2. The van der Waals surface area contributed by atoms with Gasteiger partial charge >= 0.3 is 0 Å². The van der Waals surface area contributed by atoms with Crippen LogP contribution in [0.3, 0.4) is 0 Å². The second-order valence-corrected chi connectivity index (χ2v) is 5.80. The fourth-order valence-corrected chi connectivity index (χ4v) is 2.47. The van der Waals surface area contributed by atoms with E-state index in [9.17, 15) is 9.59 Å². The van der Waals surface area contributed by atoms with E-state index in [4.69, 9.17) is 10.5 Å². The third-order valence-electron chi connectivity index (χ3n) is 3.92. The van der Waals surface area contributed by atoms with E-state index in [2.05, 4.69) is 10.6 Å². The summed E-state index contributed by atoms with van der Waals surface area (Å²) >= 11 is 0. The van der Waals surface area contributed by atoms with Crippen LogP contribution in [0.2, 0.25) is 0 Å². The second-order valence-electron chi connectivity index (χ2n) is 5.80. The molecule has 1 aliphatic rings. The molecule has 0 spiro atoms. The molecule has 2 aromatic carbocycles. The smallest absolute Gasteiger partial charge is 0.268 e. The Kier molecular flexibility index (Phi) is 5.03. The number of nitrogens with one attached hydrogen (secondary N) is 2. The maximum atomic E-state index is 12.3. The molecule has 3 rings (SSSR count). The van der Waals surface area contributed by atoms with E-state index in [0.29, 0.717) is 5.69 Å².